The van der Waals surface area contributed by atoms with E-state index in [9.17, 15) is 4.79 Å². The van der Waals surface area contributed by atoms with Crippen molar-refractivity contribution in [3.05, 3.63) is 0 Å². The van der Waals surface area contributed by atoms with E-state index in [1.807, 2.05) is 0 Å². The Bertz CT molecular complexity index is 302. The van der Waals surface area contributed by atoms with Crippen LogP contribution in [0.4, 0.5) is 0 Å². The van der Waals surface area contributed by atoms with E-state index in [2.05, 4.69) is 24.1 Å². The lowest BCUT2D eigenvalue weighted by Crippen LogP contribution is -2.51. The largest absolute Gasteiger partial charge is 0.369 e. The first-order valence-electron chi connectivity index (χ1n) is 7.86. The molecular weight excluding hydrogens is 238 g/mol. The molecule has 4 unspecified atom stereocenters. The van der Waals surface area contributed by atoms with Crippen LogP contribution in [0.15, 0.2) is 0 Å². The van der Waals surface area contributed by atoms with Gasteiger partial charge in [0.25, 0.3) is 0 Å². The third-order valence-electron chi connectivity index (χ3n) is 4.94. The molecule has 0 aromatic carbocycles. The Labute approximate surface area is 117 Å². The third-order valence-corrected chi connectivity index (χ3v) is 4.94. The third kappa shape index (κ3) is 3.93. The van der Waals surface area contributed by atoms with E-state index in [0.29, 0.717) is 18.1 Å². The summed E-state index contributed by atoms with van der Waals surface area (Å²) in [6.45, 7) is 6.60. The number of piperidine rings is 2. The van der Waals surface area contributed by atoms with Gasteiger partial charge in [0.15, 0.2) is 0 Å². The second-order valence-corrected chi connectivity index (χ2v) is 6.45. The van der Waals surface area contributed by atoms with Crippen LogP contribution in [-0.4, -0.2) is 42.0 Å². The molecule has 2 fully saturated rings. The summed E-state index contributed by atoms with van der Waals surface area (Å²) in [5.74, 6) is -0.0714. The molecule has 2 aliphatic heterocycles. The van der Waals surface area contributed by atoms with E-state index in [0.717, 1.165) is 25.9 Å². The molecule has 4 heteroatoms. The van der Waals surface area contributed by atoms with E-state index >= 15 is 0 Å². The monoisotopic (exact) mass is 267 g/mol. The average Bonchev–Trinajstić information content (AvgIpc) is 2.40. The number of nitrogens with zero attached hydrogens (tertiary/aromatic N) is 1. The van der Waals surface area contributed by atoms with Crippen LogP contribution in [0.1, 0.15) is 52.4 Å². The molecule has 19 heavy (non-hydrogen) atoms. The van der Waals surface area contributed by atoms with Crippen LogP contribution < -0.4 is 11.1 Å². The first kappa shape index (κ1) is 14.8. The predicted molar refractivity (Wildman–Crippen MR) is 77.8 cm³/mol. The molecular formula is C15H29N3O. The lowest BCUT2D eigenvalue weighted by molar-refractivity contribution is -0.124. The van der Waals surface area contributed by atoms with Crippen LogP contribution in [-0.2, 0) is 4.79 Å². The second-order valence-electron chi connectivity index (χ2n) is 6.45. The van der Waals surface area contributed by atoms with Gasteiger partial charge in [-0.05, 0) is 52.5 Å². The maximum Gasteiger partial charge on any atom is 0.221 e. The molecule has 0 radical (unpaired) electrons. The van der Waals surface area contributed by atoms with Crippen molar-refractivity contribution >= 4 is 5.91 Å². The summed E-state index contributed by atoms with van der Waals surface area (Å²) in [6, 6.07) is 1.77. The van der Waals surface area contributed by atoms with E-state index in [1.165, 1.54) is 25.7 Å². The zero-order valence-electron chi connectivity index (χ0n) is 12.4. The van der Waals surface area contributed by atoms with Crippen LogP contribution in [0.3, 0.4) is 0 Å². The average molecular weight is 267 g/mol. The molecule has 0 spiro atoms. The highest BCUT2D eigenvalue weighted by Crippen LogP contribution is 2.26. The molecule has 4 atom stereocenters. The van der Waals surface area contributed by atoms with Crippen LogP contribution >= 0.6 is 0 Å². The molecule has 4 nitrogen and oxygen atoms in total. The smallest absolute Gasteiger partial charge is 0.221 e. The van der Waals surface area contributed by atoms with Crippen LogP contribution in [0.2, 0.25) is 0 Å². The standard InChI is InChI=1S/C15H29N3O/c1-11-6-7-13(15(16)19)10-18(11)12(2)9-14-5-3-4-8-17-14/h11-14,17H,3-10H2,1-2H3,(H2,16,19). The quantitative estimate of drug-likeness (QED) is 0.811. The second kappa shape index (κ2) is 6.71. The zero-order chi connectivity index (χ0) is 13.8. The van der Waals surface area contributed by atoms with Gasteiger partial charge in [-0.3, -0.25) is 9.69 Å². The van der Waals surface area contributed by atoms with Crippen LogP contribution in [0.25, 0.3) is 0 Å². The summed E-state index contributed by atoms with van der Waals surface area (Å²) < 4.78 is 0. The number of primary amides is 1. The lowest BCUT2D eigenvalue weighted by Gasteiger charge is -2.42. The molecule has 0 bridgehead atoms. The molecule has 0 aromatic heterocycles. The molecule has 110 valence electrons. The Hall–Kier alpha value is -0.610. The fourth-order valence-electron chi connectivity index (χ4n) is 3.65. The van der Waals surface area contributed by atoms with Gasteiger partial charge in [0.2, 0.25) is 5.91 Å². The summed E-state index contributed by atoms with van der Waals surface area (Å²) in [5.41, 5.74) is 5.48. The number of carbonyl (C=O) groups is 1. The zero-order valence-corrected chi connectivity index (χ0v) is 12.4. The first-order chi connectivity index (χ1) is 9.08. The van der Waals surface area contributed by atoms with E-state index in [1.54, 1.807) is 0 Å². The Balaban J connectivity index is 1.88. The Morgan fingerprint density at radius 3 is 2.79 bits per heavy atom. The maximum atomic E-state index is 11.4. The number of hydrogen-bond acceptors (Lipinski definition) is 3. The SMILES string of the molecule is CC1CCC(C(N)=O)CN1C(C)CC1CCCCN1. The van der Waals surface area contributed by atoms with Crippen molar-refractivity contribution < 1.29 is 4.79 Å². The molecule has 1 amide bonds. The highest BCUT2D eigenvalue weighted by atomic mass is 16.1. The highest BCUT2D eigenvalue weighted by molar-refractivity contribution is 5.77. The predicted octanol–water partition coefficient (Wildman–Crippen LogP) is 1.49. The van der Waals surface area contributed by atoms with Gasteiger partial charge in [0, 0.05) is 24.7 Å². The number of nitrogens with two attached hydrogens (primary N) is 1. The fourth-order valence-corrected chi connectivity index (χ4v) is 3.65. The summed E-state index contributed by atoms with van der Waals surface area (Å²) in [5, 5.41) is 3.62. The number of amides is 1. The van der Waals surface area contributed by atoms with Gasteiger partial charge in [0.05, 0.1) is 5.92 Å². The maximum absolute atomic E-state index is 11.4. The van der Waals surface area contributed by atoms with Gasteiger partial charge in [-0.15, -0.1) is 0 Å². The van der Waals surface area contributed by atoms with Crippen molar-refractivity contribution in [2.24, 2.45) is 11.7 Å². The number of rotatable bonds is 4. The minimum Gasteiger partial charge on any atom is -0.369 e. The fraction of sp³-hybridized carbons (Fsp3) is 0.933. The molecule has 0 aliphatic carbocycles. The number of carbonyl (C=O) groups excluding carboxylic acids is 1. The number of hydrogen-bond donors (Lipinski definition) is 2. The van der Waals surface area contributed by atoms with Gasteiger partial charge in [-0.25, -0.2) is 0 Å². The Morgan fingerprint density at radius 1 is 1.37 bits per heavy atom. The van der Waals surface area contributed by atoms with Crippen molar-refractivity contribution in [1.82, 2.24) is 10.2 Å². The molecule has 0 saturated carbocycles. The van der Waals surface area contributed by atoms with Gasteiger partial charge >= 0.3 is 0 Å². The first-order valence-corrected chi connectivity index (χ1v) is 7.86. The summed E-state index contributed by atoms with van der Waals surface area (Å²) >= 11 is 0. The lowest BCUT2D eigenvalue weighted by atomic mass is 9.90. The van der Waals surface area contributed by atoms with Crippen molar-refractivity contribution in [3.63, 3.8) is 0 Å². The van der Waals surface area contributed by atoms with Gasteiger partial charge < -0.3 is 11.1 Å². The van der Waals surface area contributed by atoms with Gasteiger partial charge in [-0.2, -0.15) is 0 Å². The Kier molecular flexibility index (Phi) is 5.22. The molecule has 2 aliphatic rings. The van der Waals surface area contributed by atoms with E-state index < -0.39 is 0 Å². The minimum absolute atomic E-state index is 0.0537. The normalized spacial score (nSPS) is 34.9. The summed E-state index contributed by atoms with van der Waals surface area (Å²) in [6.07, 6.45) is 7.21. The molecule has 2 rings (SSSR count). The minimum atomic E-state index is -0.125. The number of nitrogens with one attached hydrogen (secondary N) is 1. The van der Waals surface area contributed by atoms with Gasteiger partial charge in [0.1, 0.15) is 0 Å². The van der Waals surface area contributed by atoms with Crippen molar-refractivity contribution in [1.29, 1.82) is 0 Å². The van der Waals surface area contributed by atoms with Crippen LogP contribution in [0, 0.1) is 5.92 Å². The van der Waals surface area contributed by atoms with Gasteiger partial charge in [-0.1, -0.05) is 6.42 Å². The molecule has 2 saturated heterocycles. The Morgan fingerprint density at radius 2 is 2.16 bits per heavy atom. The molecule has 0 aromatic rings. The summed E-state index contributed by atoms with van der Waals surface area (Å²) in [7, 11) is 0. The molecule has 3 N–H and O–H groups in total. The highest BCUT2D eigenvalue weighted by Gasteiger charge is 2.32. The summed E-state index contributed by atoms with van der Waals surface area (Å²) in [4.78, 5) is 13.9. The topological polar surface area (TPSA) is 58.4 Å². The van der Waals surface area contributed by atoms with Crippen LogP contribution in [0.5, 0.6) is 0 Å². The van der Waals surface area contributed by atoms with Crippen molar-refractivity contribution in [3.8, 4) is 0 Å². The van der Waals surface area contributed by atoms with Crippen molar-refractivity contribution in [2.45, 2.75) is 70.5 Å². The number of likely N-dealkylation sites (tertiary alicyclic amines) is 1. The molecule has 2 heterocycles. The van der Waals surface area contributed by atoms with E-state index in [4.69, 9.17) is 5.73 Å². The van der Waals surface area contributed by atoms with Crippen molar-refractivity contribution in [2.75, 3.05) is 13.1 Å². The van der Waals surface area contributed by atoms with E-state index in [-0.39, 0.29) is 11.8 Å².